The van der Waals surface area contributed by atoms with Crippen molar-refractivity contribution in [1.29, 1.82) is 0 Å². The number of H-pyrrole nitrogens is 1. The van der Waals surface area contributed by atoms with E-state index < -0.39 is 6.16 Å². The van der Waals surface area contributed by atoms with Crippen molar-refractivity contribution in [2.75, 3.05) is 39.8 Å². The highest BCUT2D eigenvalue weighted by Crippen LogP contribution is 2.33. The first-order valence-electron chi connectivity index (χ1n) is 12.8. The monoisotopic (exact) mass is 526 g/mol. The van der Waals surface area contributed by atoms with E-state index in [4.69, 9.17) is 9.73 Å². The van der Waals surface area contributed by atoms with Gasteiger partial charge in [-0.3, -0.25) is 4.79 Å². The highest BCUT2D eigenvalue weighted by Gasteiger charge is 2.22. The number of benzene rings is 3. The van der Waals surface area contributed by atoms with Gasteiger partial charge in [-0.1, -0.05) is 37.3 Å². The van der Waals surface area contributed by atoms with Gasteiger partial charge in [0.2, 0.25) is 0 Å². The first-order chi connectivity index (χ1) is 19.0. The van der Waals surface area contributed by atoms with Crippen molar-refractivity contribution in [3.05, 3.63) is 89.5 Å². The van der Waals surface area contributed by atoms with E-state index >= 15 is 0 Å². The minimum absolute atomic E-state index is 0.0174. The summed E-state index contributed by atoms with van der Waals surface area (Å²) in [6, 6.07) is 21.7. The number of ether oxygens (including phenoxy) is 2. The number of nitrogens with one attached hydrogen (secondary N) is 1. The Morgan fingerprint density at radius 1 is 0.949 bits per heavy atom. The van der Waals surface area contributed by atoms with Crippen molar-refractivity contribution in [3.8, 4) is 11.6 Å². The molecule has 9 heteroatoms. The molecular formula is C30H30N4O5. The van der Waals surface area contributed by atoms with Crippen LogP contribution in [0.4, 0.5) is 10.5 Å². The Hall–Kier alpha value is -4.63. The molecule has 0 radical (unpaired) electrons. The van der Waals surface area contributed by atoms with Crippen molar-refractivity contribution in [2.45, 2.75) is 6.92 Å². The summed E-state index contributed by atoms with van der Waals surface area (Å²) in [7, 11) is 1.23. The number of methoxy groups -OCH3 is 1. The first-order valence-corrected chi connectivity index (χ1v) is 12.8. The lowest BCUT2D eigenvalue weighted by Crippen LogP contribution is -2.48. The smallest absolute Gasteiger partial charge is 0.494 e. The van der Waals surface area contributed by atoms with Crippen molar-refractivity contribution < 1.29 is 24.2 Å². The zero-order valence-electron chi connectivity index (χ0n) is 21.9. The van der Waals surface area contributed by atoms with Gasteiger partial charge in [-0.15, -0.1) is 0 Å². The topological polar surface area (TPSA) is 107 Å². The molecule has 1 aliphatic heterocycles. The highest BCUT2D eigenvalue weighted by molar-refractivity contribution is 6.22. The molecule has 0 bridgehead atoms. The molecule has 1 aliphatic rings. The van der Waals surface area contributed by atoms with Crippen LogP contribution in [0.25, 0.3) is 10.9 Å². The van der Waals surface area contributed by atoms with Gasteiger partial charge in [0.1, 0.15) is 5.75 Å². The number of aliphatic imine (C=N–C) groups is 1. The molecule has 0 unspecified atom stereocenters. The molecule has 4 aromatic rings. The van der Waals surface area contributed by atoms with Gasteiger partial charge in [0.05, 0.1) is 29.6 Å². The maximum absolute atomic E-state index is 13.0. The Labute approximate surface area is 226 Å². The second-order valence-corrected chi connectivity index (χ2v) is 9.21. The number of hydrogen-bond donors (Lipinski definition) is 2. The van der Waals surface area contributed by atoms with Crippen molar-refractivity contribution >= 4 is 34.4 Å². The van der Waals surface area contributed by atoms with Crippen LogP contribution in [0.1, 0.15) is 28.4 Å². The Morgan fingerprint density at radius 3 is 2.33 bits per heavy atom. The fourth-order valence-electron chi connectivity index (χ4n) is 4.72. The molecule has 2 heterocycles. The maximum atomic E-state index is 13.0. The SMILES string of the molecule is CCN1CCN(C(=O)c2ccc(N=C(c3ccccc3)c3c(O)[nH]c4cc(OC(=O)OC)ccc34)cc2)CC1. The molecule has 0 spiro atoms. The van der Waals surface area contributed by atoms with Gasteiger partial charge in [0.15, 0.2) is 5.88 Å². The van der Waals surface area contributed by atoms with Gasteiger partial charge in [0, 0.05) is 48.8 Å². The van der Waals surface area contributed by atoms with E-state index in [-0.39, 0.29) is 17.5 Å². The van der Waals surface area contributed by atoms with Crippen LogP contribution in [0.2, 0.25) is 0 Å². The maximum Gasteiger partial charge on any atom is 0.513 e. The third-order valence-corrected chi connectivity index (χ3v) is 6.86. The number of amides is 1. The largest absolute Gasteiger partial charge is 0.513 e. The number of aromatic amines is 1. The van der Waals surface area contributed by atoms with Crippen molar-refractivity contribution in [1.82, 2.24) is 14.8 Å². The van der Waals surface area contributed by atoms with E-state index in [1.54, 1.807) is 30.3 Å². The molecule has 200 valence electrons. The van der Waals surface area contributed by atoms with Gasteiger partial charge < -0.3 is 29.4 Å². The van der Waals surface area contributed by atoms with Gasteiger partial charge in [-0.05, 0) is 42.9 Å². The van der Waals surface area contributed by atoms with Crippen molar-refractivity contribution in [2.24, 2.45) is 4.99 Å². The molecule has 1 saturated heterocycles. The Morgan fingerprint density at radius 2 is 1.67 bits per heavy atom. The molecule has 5 rings (SSSR count). The molecule has 0 saturated carbocycles. The number of nitrogens with zero attached hydrogens (tertiary/aromatic N) is 3. The van der Waals surface area contributed by atoms with E-state index in [2.05, 4.69) is 21.5 Å². The summed E-state index contributed by atoms with van der Waals surface area (Å²) in [6.45, 7) is 6.33. The summed E-state index contributed by atoms with van der Waals surface area (Å²) in [5.41, 5.74) is 3.69. The third-order valence-electron chi connectivity index (χ3n) is 6.86. The number of piperazine rings is 1. The molecule has 0 aliphatic carbocycles. The lowest BCUT2D eigenvalue weighted by Gasteiger charge is -2.34. The van der Waals surface area contributed by atoms with Crippen LogP contribution in [0.5, 0.6) is 11.6 Å². The van der Waals surface area contributed by atoms with Crippen LogP contribution in [-0.4, -0.2) is 77.5 Å². The van der Waals surface area contributed by atoms with Crippen molar-refractivity contribution in [3.63, 3.8) is 0 Å². The fourth-order valence-corrected chi connectivity index (χ4v) is 4.72. The Kier molecular flexibility index (Phi) is 7.60. The number of rotatable bonds is 6. The third kappa shape index (κ3) is 5.63. The van der Waals surface area contributed by atoms with Crippen LogP contribution < -0.4 is 4.74 Å². The molecule has 9 nitrogen and oxygen atoms in total. The predicted octanol–water partition coefficient (Wildman–Crippen LogP) is 4.97. The Bertz CT molecular complexity index is 1500. The van der Waals surface area contributed by atoms with E-state index in [0.717, 1.165) is 38.3 Å². The Balaban J connectivity index is 1.48. The molecule has 1 aromatic heterocycles. The average molecular weight is 527 g/mol. The zero-order chi connectivity index (χ0) is 27.4. The number of hydrogen-bond acceptors (Lipinski definition) is 7. The summed E-state index contributed by atoms with van der Waals surface area (Å²) >= 11 is 0. The minimum Gasteiger partial charge on any atom is -0.494 e. The van der Waals surface area contributed by atoms with Gasteiger partial charge in [-0.25, -0.2) is 9.79 Å². The van der Waals surface area contributed by atoms with E-state index in [1.165, 1.54) is 7.11 Å². The lowest BCUT2D eigenvalue weighted by atomic mass is 10.0. The average Bonchev–Trinajstić information content (AvgIpc) is 3.30. The highest BCUT2D eigenvalue weighted by atomic mass is 16.7. The quantitative estimate of drug-likeness (QED) is 0.209. The molecule has 3 aromatic carbocycles. The van der Waals surface area contributed by atoms with Crippen LogP contribution in [0.15, 0.2) is 77.8 Å². The van der Waals surface area contributed by atoms with Crippen LogP contribution >= 0.6 is 0 Å². The van der Waals surface area contributed by atoms with Gasteiger partial charge in [-0.2, -0.15) is 0 Å². The van der Waals surface area contributed by atoms with Crippen LogP contribution in [-0.2, 0) is 4.74 Å². The second kappa shape index (κ2) is 11.4. The normalized spacial score (nSPS) is 14.4. The second-order valence-electron chi connectivity index (χ2n) is 9.21. The predicted molar refractivity (Wildman–Crippen MR) is 149 cm³/mol. The minimum atomic E-state index is -0.831. The molecular weight excluding hydrogens is 496 g/mol. The van der Waals surface area contributed by atoms with Crippen LogP contribution in [0.3, 0.4) is 0 Å². The summed E-state index contributed by atoms with van der Waals surface area (Å²) in [5.74, 6) is 0.223. The standard InChI is InChI=1S/C30H30N4O5/c1-3-33-15-17-34(18-16-33)29(36)21-9-11-22(12-10-21)31-27(20-7-5-4-6-8-20)26-24-14-13-23(39-30(37)38-2)19-25(24)32-28(26)35/h4-14,19,32,35H,3,15-18H2,1-2H3. The number of carbonyl (C=O) groups excluding carboxylic acids is 2. The fraction of sp³-hybridized carbons (Fsp3) is 0.233. The van der Waals surface area contributed by atoms with Gasteiger partial charge in [0.25, 0.3) is 5.91 Å². The molecule has 2 N–H and O–H groups in total. The first kappa shape index (κ1) is 26.0. The van der Waals surface area contributed by atoms with Gasteiger partial charge >= 0.3 is 6.16 Å². The molecule has 1 fully saturated rings. The number of aromatic hydroxyl groups is 1. The summed E-state index contributed by atoms with van der Waals surface area (Å²) in [5, 5.41) is 11.6. The zero-order valence-corrected chi connectivity index (χ0v) is 21.9. The summed E-state index contributed by atoms with van der Waals surface area (Å²) in [6.07, 6.45) is -0.831. The van der Waals surface area contributed by atoms with E-state index in [1.807, 2.05) is 47.4 Å². The number of fused-ring (bicyclic) bond motifs is 1. The molecule has 1 amide bonds. The van der Waals surface area contributed by atoms with Crippen LogP contribution in [0, 0.1) is 0 Å². The number of aromatic nitrogens is 1. The summed E-state index contributed by atoms with van der Waals surface area (Å²) < 4.78 is 9.68. The number of likely N-dealkylation sites (N-methyl/N-ethyl adjacent to an activating group) is 1. The van der Waals surface area contributed by atoms with E-state index in [9.17, 15) is 14.7 Å². The lowest BCUT2D eigenvalue weighted by molar-refractivity contribution is 0.0643. The van der Waals surface area contributed by atoms with E-state index in [0.29, 0.717) is 33.4 Å². The molecule has 39 heavy (non-hydrogen) atoms. The summed E-state index contributed by atoms with van der Waals surface area (Å²) in [4.78, 5) is 36.6. The molecule has 0 atom stereocenters. The number of carbonyl (C=O) groups is 2.